The number of fused-ring (bicyclic) bond motifs is 1. The number of aliphatic hydroxyl groups excluding tert-OH is 1. The molecule has 20 heavy (non-hydrogen) atoms. The molecule has 1 aliphatic heterocycles. The highest BCUT2D eigenvalue weighted by atomic mass is 16.4. The van der Waals surface area contributed by atoms with Gasteiger partial charge in [0.1, 0.15) is 6.04 Å². The first-order valence-corrected chi connectivity index (χ1v) is 7.43. The Kier molecular flexibility index (Phi) is 3.76. The zero-order chi connectivity index (χ0) is 14.1. The molecule has 108 valence electrons. The van der Waals surface area contributed by atoms with E-state index in [1.54, 1.807) is 0 Å². The Hall–Kier alpha value is -1.39. The van der Waals surface area contributed by atoms with Crippen LogP contribution in [0, 0.1) is 0 Å². The molecule has 0 aromatic heterocycles. The smallest absolute Gasteiger partial charge is 0.325 e. The summed E-state index contributed by atoms with van der Waals surface area (Å²) >= 11 is 0. The summed E-state index contributed by atoms with van der Waals surface area (Å²) in [7, 11) is 0. The van der Waals surface area contributed by atoms with Gasteiger partial charge in [0.15, 0.2) is 0 Å². The third-order valence-corrected chi connectivity index (χ3v) is 4.67. The predicted molar refractivity (Wildman–Crippen MR) is 75.5 cm³/mol. The SMILES string of the molecule is O=C(O)C1c2ccccc2CCN1C1CCCCC1O. The molecular formula is C16H21NO3. The summed E-state index contributed by atoms with van der Waals surface area (Å²) in [4.78, 5) is 13.8. The van der Waals surface area contributed by atoms with Gasteiger partial charge in [-0.25, -0.2) is 0 Å². The molecule has 1 aromatic rings. The van der Waals surface area contributed by atoms with Crippen LogP contribution in [0.25, 0.3) is 0 Å². The van der Waals surface area contributed by atoms with Crippen LogP contribution in [0.5, 0.6) is 0 Å². The first-order valence-electron chi connectivity index (χ1n) is 7.43. The largest absolute Gasteiger partial charge is 0.480 e. The number of carboxylic acid groups (broad SMARTS) is 1. The quantitative estimate of drug-likeness (QED) is 0.866. The average molecular weight is 275 g/mol. The fourth-order valence-corrected chi connectivity index (χ4v) is 3.70. The molecule has 1 heterocycles. The average Bonchev–Trinajstić information content (AvgIpc) is 2.46. The standard InChI is InChI=1S/C16H21NO3/c18-14-8-4-3-7-13(14)17-10-9-11-5-1-2-6-12(11)15(17)16(19)20/h1-2,5-6,13-15,18H,3-4,7-10H2,(H,19,20). The molecule has 0 amide bonds. The molecule has 0 spiro atoms. The number of hydrogen-bond acceptors (Lipinski definition) is 3. The Morgan fingerprint density at radius 1 is 1.20 bits per heavy atom. The van der Waals surface area contributed by atoms with Gasteiger partial charge >= 0.3 is 5.97 Å². The molecular weight excluding hydrogens is 254 g/mol. The van der Waals surface area contributed by atoms with E-state index in [-0.39, 0.29) is 6.04 Å². The molecule has 1 aliphatic carbocycles. The Labute approximate surface area is 119 Å². The van der Waals surface area contributed by atoms with E-state index in [0.717, 1.165) is 49.8 Å². The van der Waals surface area contributed by atoms with Gasteiger partial charge in [0.2, 0.25) is 0 Å². The van der Waals surface area contributed by atoms with Gasteiger partial charge in [-0.3, -0.25) is 9.69 Å². The number of carboxylic acids is 1. The number of benzene rings is 1. The molecule has 0 radical (unpaired) electrons. The second-order valence-electron chi connectivity index (χ2n) is 5.85. The highest BCUT2D eigenvalue weighted by molar-refractivity contribution is 5.76. The number of nitrogens with zero attached hydrogens (tertiary/aromatic N) is 1. The molecule has 3 rings (SSSR count). The first kappa shape index (κ1) is 13.6. The van der Waals surface area contributed by atoms with Crippen molar-refractivity contribution in [2.45, 2.75) is 50.3 Å². The summed E-state index contributed by atoms with van der Waals surface area (Å²) in [6, 6.07) is 7.16. The summed E-state index contributed by atoms with van der Waals surface area (Å²) in [5.74, 6) is -0.810. The van der Waals surface area contributed by atoms with Crippen LogP contribution in [0.15, 0.2) is 24.3 Å². The van der Waals surface area contributed by atoms with Crippen LogP contribution < -0.4 is 0 Å². The molecule has 4 heteroatoms. The number of hydrogen-bond donors (Lipinski definition) is 2. The maximum absolute atomic E-state index is 11.8. The van der Waals surface area contributed by atoms with Crippen LogP contribution in [0.3, 0.4) is 0 Å². The summed E-state index contributed by atoms with van der Waals surface area (Å²) < 4.78 is 0. The van der Waals surface area contributed by atoms with E-state index >= 15 is 0 Å². The van der Waals surface area contributed by atoms with Crippen molar-refractivity contribution in [3.8, 4) is 0 Å². The van der Waals surface area contributed by atoms with Crippen molar-refractivity contribution >= 4 is 5.97 Å². The van der Waals surface area contributed by atoms with Crippen molar-refractivity contribution in [3.63, 3.8) is 0 Å². The molecule has 4 nitrogen and oxygen atoms in total. The second-order valence-corrected chi connectivity index (χ2v) is 5.85. The van der Waals surface area contributed by atoms with Crippen molar-refractivity contribution in [3.05, 3.63) is 35.4 Å². The van der Waals surface area contributed by atoms with E-state index in [1.165, 1.54) is 0 Å². The zero-order valence-electron chi connectivity index (χ0n) is 11.5. The Morgan fingerprint density at radius 3 is 2.70 bits per heavy atom. The lowest BCUT2D eigenvalue weighted by Crippen LogP contribution is -2.51. The third kappa shape index (κ3) is 2.34. The fourth-order valence-electron chi connectivity index (χ4n) is 3.70. The second kappa shape index (κ2) is 5.54. The van der Waals surface area contributed by atoms with Crippen molar-refractivity contribution in [2.75, 3.05) is 6.54 Å². The number of aliphatic hydroxyl groups is 1. The number of carbonyl (C=O) groups is 1. The van der Waals surface area contributed by atoms with E-state index in [9.17, 15) is 15.0 Å². The number of aliphatic carboxylic acids is 1. The molecule has 3 unspecified atom stereocenters. The minimum absolute atomic E-state index is 0.0155. The lowest BCUT2D eigenvalue weighted by molar-refractivity contribution is -0.147. The van der Waals surface area contributed by atoms with Crippen molar-refractivity contribution in [2.24, 2.45) is 0 Å². The van der Waals surface area contributed by atoms with E-state index in [1.807, 2.05) is 29.2 Å². The molecule has 1 aromatic carbocycles. The number of rotatable bonds is 2. The van der Waals surface area contributed by atoms with Crippen LogP contribution in [0.4, 0.5) is 0 Å². The zero-order valence-corrected chi connectivity index (χ0v) is 11.5. The Bertz CT molecular complexity index is 502. The van der Waals surface area contributed by atoms with Gasteiger partial charge in [-0.05, 0) is 30.4 Å². The van der Waals surface area contributed by atoms with Crippen LogP contribution in [0.2, 0.25) is 0 Å². The minimum Gasteiger partial charge on any atom is -0.480 e. The van der Waals surface area contributed by atoms with E-state index in [0.29, 0.717) is 0 Å². The van der Waals surface area contributed by atoms with E-state index in [4.69, 9.17) is 0 Å². The van der Waals surface area contributed by atoms with E-state index in [2.05, 4.69) is 0 Å². The third-order valence-electron chi connectivity index (χ3n) is 4.67. The van der Waals surface area contributed by atoms with Gasteiger partial charge in [-0.1, -0.05) is 37.1 Å². The van der Waals surface area contributed by atoms with Crippen LogP contribution in [0.1, 0.15) is 42.9 Å². The molecule has 0 bridgehead atoms. The van der Waals surface area contributed by atoms with Crippen LogP contribution in [-0.4, -0.2) is 39.8 Å². The van der Waals surface area contributed by atoms with Gasteiger partial charge in [-0.15, -0.1) is 0 Å². The summed E-state index contributed by atoms with van der Waals surface area (Å²) in [6.45, 7) is 0.718. The monoisotopic (exact) mass is 275 g/mol. The minimum atomic E-state index is -0.810. The molecule has 1 saturated carbocycles. The Morgan fingerprint density at radius 2 is 1.95 bits per heavy atom. The lowest BCUT2D eigenvalue weighted by Gasteiger charge is -2.43. The van der Waals surface area contributed by atoms with Gasteiger partial charge in [0, 0.05) is 12.6 Å². The van der Waals surface area contributed by atoms with Gasteiger partial charge in [0.25, 0.3) is 0 Å². The molecule has 2 aliphatic rings. The molecule has 1 fully saturated rings. The maximum Gasteiger partial charge on any atom is 0.325 e. The molecule has 3 atom stereocenters. The van der Waals surface area contributed by atoms with Gasteiger partial charge in [0.05, 0.1) is 6.10 Å². The molecule has 2 N–H and O–H groups in total. The highest BCUT2D eigenvalue weighted by Crippen LogP contribution is 2.35. The van der Waals surface area contributed by atoms with E-state index < -0.39 is 18.1 Å². The summed E-state index contributed by atoms with van der Waals surface area (Å²) in [5, 5.41) is 19.9. The van der Waals surface area contributed by atoms with Gasteiger partial charge < -0.3 is 10.2 Å². The Balaban J connectivity index is 1.94. The van der Waals surface area contributed by atoms with Crippen LogP contribution >= 0.6 is 0 Å². The summed E-state index contributed by atoms with van der Waals surface area (Å²) in [5.41, 5.74) is 2.02. The highest BCUT2D eigenvalue weighted by Gasteiger charge is 2.39. The van der Waals surface area contributed by atoms with Gasteiger partial charge in [-0.2, -0.15) is 0 Å². The van der Waals surface area contributed by atoms with Crippen molar-refractivity contribution in [1.82, 2.24) is 4.90 Å². The van der Waals surface area contributed by atoms with Crippen molar-refractivity contribution in [1.29, 1.82) is 0 Å². The maximum atomic E-state index is 11.8. The first-order chi connectivity index (χ1) is 9.68. The topological polar surface area (TPSA) is 60.8 Å². The van der Waals surface area contributed by atoms with Crippen molar-refractivity contribution < 1.29 is 15.0 Å². The predicted octanol–water partition coefficient (Wildman–Crippen LogP) is 1.97. The molecule has 0 saturated heterocycles. The normalized spacial score (nSPS) is 30.8. The van der Waals surface area contributed by atoms with Crippen LogP contribution in [-0.2, 0) is 11.2 Å². The lowest BCUT2D eigenvalue weighted by atomic mass is 9.86. The fraction of sp³-hybridized carbons (Fsp3) is 0.562. The summed E-state index contributed by atoms with van der Waals surface area (Å²) in [6.07, 6.45) is 4.27.